The molecule has 1 rings (SSSR count). The van der Waals surface area contributed by atoms with Gasteiger partial charge in [0.05, 0.1) is 3.79 Å². The summed E-state index contributed by atoms with van der Waals surface area (Å²) in [5.41, 5.74) is 1.36. The van der Waals surface area contributed by atoms with Gasteiger partial charge < -0.3 is 10.2 Å². The summed E-state index contributed by atoms with van der Waals surface area (Å²) in [5, 5.41) is 5.72. The summed E-state index contributed by atoms with van der Waals surface area (Å²) < 4.78 is 1.21. The van der Waals surface area contributed by atoms with Gasteiger partial charge in [0.15, 0.2) is 0 Å². The molecule has 1 atom stereocenters. The van der Waals surface area contributed by atoms with Crippen LogP contribution in [0, 0.1) is 0 Å². The summed E-state index contributed by atoms with van der Waals surface area (Å²) in [6, 6.07) is 2.75. The van der Waals surface area contributed by atoms with Crippen molar-refractivity contribution in [1.29, 1.82) is 0 Å². The first-order valence-electron chi connectivity index (χ1n) is 5.19. The predicted molar refractivity (Wildman–Crippen MR) is 71.5 cm³/mol. The topological polar surface area (TPSA) is 15.3 Å². The van der Waals surface area contributed by atoms with Crippen LogP contribution in [0.2, 0.25) is 0 Å². The summed E-state index contributed by atoms with van der Waals surface area (Å²) in [5.74, 6) is 0. The average Bonchev–Trinajstić information content (AvgIpc) is 2.58. The Balaban J connectivity index is 2.19. The lowest BCUT2D eigenvalue weighted by molar-refractivity contribution is 0.366. The van der Waals surface area contributed by atoms with Crippen LogP contribution in [0.25, 0.3) is 0 Å². The molecule has 2 nitrogen and oxygen atoms in total. The van der Waals surface area contributed by atoms with Crippen molar-refractivity contribution in [3.05, 3.63) is 20.8 Å². The zero-order chi connectivity index (χ0) is 11.3. The molecule has 0 aliphatic rings. The second-order valence-corrected chi connectivity index (χ2v) is 6.42. The maximum atomic E-state index is 3.53. The van der Waals surface area contributed by atoms with E-state index in [0.717, 1.165) is 13.1 Å². The van der Waals surface area contributed by atoms with E-state index in [0.29, 0.717) is 6.04 Å². The molecule has 0 spiro atoms. The van der Waals surface area contributed by atoms with E-state index in [2.05, 4.69) is 58.6 Å². The van der Waals surface area contributed by atoms with Gasteiger partial charge in [-0.05, 0) is 66.9 Å². The third-order valence-electron chi connectivity index (χ3n) is 2.29. The Morgan fingerprint density at radius 3 is 2.80 bits per heavy atom. The van der Waals surface area contributed by atoms with Crippen molar-refractivity contribution in [1.82, 2.24) is 10.2 Å². The van der Waals surface area contributed by atoms with Crippen molar-refractivity contribution in [3.8, 4) is 0 Å². The third-order valence-corrected chi connectivity index (χ3v) is 3.84. The molecule has 1 aromatic heterocycles. The highest BCUT2D eigenvalue weighted by Crippen LogP contribution is 2.20. The minimum Gasteiger partial charge on any atom is -0.310 e. The molecule has 0 bridgehead atoms. The standard InChI is InChI=1S/C11H19BrN2S/c1-9(4-5-14(2)3)13-7-10-6-11(12)15-8-10/h6,8-9,13H,4-5,7H2,1-3H3. The molecule has 15 heavy (non-hydrogen) atoms. The van der Waals surface area contributed by atoms with Crippen molar-refractivity contribution < 1.29 is 0 Å². The second kappa shape index (κ2) is 6.63. The largest absolute Gasteiger partial charge is 0.310 e. The van der Waals surface area contributed by atoms with Crippen molar-refractivity contribution in [3.63, 3.8) is 0 Å². The van der Waals surface area contributed by atoms with Gasteiger partial charge in [-0.2, -0.15) is 0 Å². The van der Waals surface area contributed by atoms with Crippen LogP contribution in [-0.2, 0) is 6.54 Å². The van der Waals surface area contributed by atoms with Crippen molar-refractivity contribution >= 4 is 27.3 Å². The lowest BCUT2D eigenvalue weighted by Crippen LogP contribution is -2.29. The van der Waals surface area contributed by atoms with E-state index in [4.69, 9.17) is 0 Å². The first-order chi connectivity index (χ1) is 7.08. The number of thiophene rings is 1. The summed E-state index contributed by atoms with van der Waals surface area (Å²) >= 11 is 5.22. The van der Waals surface area contributed by atoms with Gasteiger partial charge in [0.1, 0.15) is 0 Å². The highest BCUT2D eigenvalue weighted by molar-refractivity contribution is 9.11. The number of nitrogens with zero attached hydrogens (tertiary/aromatic N) is 1. The van der Waals surface area contributed by atoms with E-state index in [1.54, 1.807) is 11.3 Å². The van der Waals surface area contributed by atoms with Crippen LogP contribution < -0.4 is 5.32 Å². The minimum atomic E-state index is 0.575. The molecule has 0 aliphatic heterocycles. The molecule has 1 unspecified atom stereocenters. The summed E-state index contributed by atoms with van der Waals surface area (Å²) in [4.78, 5) is 2.22. The molecule has 4 heteroatoms. The van der Waals surface area contributed by atoms with Crippen molar-refractivity contribution in [2.24, 2.45) is 0 Å². The first-order valence-corrected chi connectivity index (χ1v) is 6.86. The van der Waals surface area contributed by atoms with Crippen LogP contribution in [0.15, 0.2) is 15.2 Å². The summed E-state index contributed by atoms with van der Waals surface area (Å²) in [6.45, 7) is 4.35. The van der Waals surface area contributed by atoms with Crippen LogP contribution in [0.5, 0.6) is 0 Å². The Morgan fingerprint density at radius 1 is 1.53 bits per heavy atom. The SMILES string of the molecule is CC(CCN(C)C)NCc1csc(Br)c1. The fourth-order valence-corrected chi connectivity index (χ4v) is 2.49. The molecule has 86 valence electrons. The molecule has 1 N–H and O–H groups in total. The highest BCUT2D eigenvalue weighted by atomic mass is 79.9. The molecule has 1 aromatic rings. The molecule has 0 saturated carbocycles. The maximum Gasteiger partial charge on any atom is 0.0701 e. The molecule has 0 fully saturated rings. The highest BCUT2D eigenvalue weighted by Gasteiger charge is 2.03. The van der Waals surface area contributed by atoms with Gasteiger partial charge in [-0.1, -0.05) is 0 Å². The number of rotatable bonds is 6. The van der Waals surface area contributed by atoms with Crippen LogP contribution in [0.4, 0.5) is 0 Å². The van der Waals surface area contributed by atoms with E-state index in [-0.39, 0.29) is 0 Å². The molecular weight excluding hydrogens is 272 g/mol. The average molecular weight is 291 g/mol. The molecule has 0 radical (unpaired) electrons. The predicted octanol–water partition coefficient (Wildman–Crippen LogP) is 2.94. The normalized spacial score (nSPS) is 13.4. The zero-order valence-electron chi connectivity index (χ0n) is 9.59. The molecule has 0 aliphatic carbocycles. The number of nitrogens with one attached hydrogen (secondary N) is 1. The van der Waals surface area contributed by atoms with Gasteiger partial charge in [0.2, 0.25) is 0 Å². The van der Waals surface area contributed by atoms with Crippen molar-refractivity contribution in [2.45, 2.75) is 25.9 Å². The van der Waals surface area contributed by atoms with Gasteiger partial charge in [-0.25, -0.2) is 0 Å². The first kappa shape index (κ1) is 13.2. The van der Waals surface area contributed by atoms with Crippen LogP contribution >= 0.6 is 27.3 Å². The number of hydrogen-bond donors (Lipinski definition) is 1. The number of halogens is 1. The summed E-state index contributed by atoms with van der Waals surface area (Å²) in [7, 11) is 4.23. The lowest BCUT2D eigenvalue weighted by Gasteiger charge is -2.16. The maximum absolute atomic E-state index is 3.53. The smallest absolute Gasteiger partial charge is 0.0701 e. The minimum absolute atomic E-state index is 0.575. The lowest BCUT2D eigenvalue weighted by atomic mass is 10.2. The van der Waals surface area contributed by atoms with Gasteiger partial charge in [-0.3, -0.25) is 0 Å². The monoisotopic (exact) mass is 290 g/mol. The zero-order valence-corrected chi connectivity index (χ0v) is 12.0. The van der Waals surface area contributed by atoms with Crippen LogP contribution in [0.1, 0.15) is 18.9 Å². The van der Waals surface area contributed by atoms with Crippen molar-refractivity contribution in [2.75, 3.05) is 20.6 Å². The van der Waals surface area contributed by atoms with Gasteiger partial charge in [-0.15, -0.1) is 11.3 Å². The van der Waals surface area contributed by atoms with E-state index in [1.165, 1.54) is 15.8 Å². The Morgan fingerprint density at radius 2 is 2.27 bits per heavy atom. The molecule has 0 amide bonds. The molecule has 0 aromatic carbocycles. The molecule has 0 saturated heterocycles. The van der Waals surface area contributed by atoms with Gasteiger partial charge in [0, 0.05) is 12.6 Å². The van der Waals surface area contributed by atoms with Gasteiger partial charge in [0.25, 0.3) is 0 Å². The molecule has 1 heterocycles. The van der Waals surface area contributed by atoms with Gasteiger partial charge >= 0.3 is 0 Å². The van der Waals surface area contributed by atoms with E-state index < -0.39 is 0 Å². The Hall–Kier alpha value is 0.100. The van der Waals surface area contributed by atoms with E-state index in [1.807, 2.05) is 0 Å². The summed E-state index contributed by atoms with van der Waals surface area (Å²) in [6.07, 6.45) is 1.19. The Bertz CT molecular complexity index is 286. The third kappa shape index (κ3) is 5.66. The van der Waals surface area contributed by atoms with E-state index in [9.17, 15) is 0 Å². The Kier molecular flexibility index (Phi) is 5.82. The van der Waals surface area contributed by atoms with Crippen LogP contribution in [0.3, 0.4) is 0 Å². The fraction of sp³-hybridized carbons (Fsp3) is 0.636. The van der Waals surface area contributed by atoms with E-state index >= 15 is 0 Å². The quantitative estimate of drug-likeness (QED) is 0.867. The number of hydrogen-bond acceptors (Lipinski definition) is 3. The fourth-order valence-electron chi connectivity index (χ4n) is 1.28. The Labute approximate surface area is 105 Å². The molecular formula is C11H19BrN2S. The van der Waals surface area contributed by atoms with Crippen LogP contribution in [-0.4, -0.2) is 31.6 Å². The second-order valence-electron chi connectivity index (χ2n) is 4.13.